The quantitative estimate of drug-likeness (QED) is 0.612. The van der Waals surface area contributed by atoms with Crippen LogP contribution in [0.1, 0.15) is 38.5 Å². The summed E-state index contributed by atoms with van der Waals surface area (Å²) in [5, 5.41) is 0. The molecule has 5 saturated heterocycles. The van der Waals surface area contributed by atoms with Crippen molar-refractivity contribution in [1.29, 1.82) is 0 Å². The van der Waals surface area contributed by atoms with Crippen LogP contribution in [0.15, 0.2) is 24.3 Å². The smallest absolute Gasteiger partial charge is 0.320 e. The third kappa shape index (κ3) is 4.89. The van der Waals surface area contributed by atoms with Crippen molar-refractivity contribution in [2.75, 3.05) is 63.8 Å². The number of fused-ring (bicyclic) bond motifs is 4. The second-order valence-corrected chi connectivity index (χ2v) is 11.6. The normalized spacial score (nSPS) is 28.8. The standard InChI is InChI=1S/C28H38FN5O3/c29-23-4-6-24(7-5-23)30-12-14-31(15-13-30)27(36)21-8-10-32(11-9-21)28(37)33-17-20-16-22(19-33)25-2-1-3-26(35)34(25)18-20/h4-7,20-22,25H,1-3,8-19H2/t20?,22?,25-/m1/s1. The van der Waals surface area contributed by atoms with Gasteiger partial charge in [0.05, 0.1) is 0 Å². The lowest BCUT2D eigenvalue weighted by atomic mass is 9.76. The number of halogens is 1. The Kier molecular flexibility index (Phi) is 6.71. The molecule has 0 aromatic heterocycles. The zero-order valence-corrected chi connectivity index (χ0v) is 21.6. The Hall–Kier alpha value is -2.84. The number of nitrogens with zero attached hydrogens (tertiary/aromatic N) is 5. The highest BCUT2D eigenvalue weighted by Gasteiger charge is 2.45. The topological polar surface area (TPSA) is 67.4 Å². The molecule has 5 heterocycles. The summed E-state index contributed by atoms with van der Waals surface area (Å²) in [5.41, 5.74) is 0.991. The fraction of sp³-hybridized carbons (Fsp3) is 0.679. The molecule has 2 unspecified atom stereocenters. The number of likely N-dealkylation sites (tertiary alicyclic amines) is 2. The molecule has 200 valence electrons. The SMILES string of the molecule is O=C(C1CCN(C(=O)N2CC3CC(C2)[C@H]2CCCC(=O)N2C3)CC1)N1CCN(c2ccc(F)cc2)CC1. The van der Waals surface area contributed by atoms with Crippen molar-refractivity contribution in [2.45, 2.75) is 44.6 Å². The van der Waals surface area contributed by atoms with Gasteiger partial charge in [-0.3, -0.25) is 9.59 Å². The van der Waals surface area contributed by atoms with Gasteiger partial charge in [0.25, 0.3) is 0 Å². The molecule has 6 rings (SSSR count). The molecule has 9 heteroatoms. The van der Waals surface area contributed by atoms with Crippen molar-refractivity contribution in [3.05, 3.63) is 30.1 Å². The van der Waals surface area contributed by atoms with Gasteiger partial charge < -0.3 is 24.5 Å². The first-order chi connectivity index (χ1) is 18.0. The number of carbonyl (C=O) groups is 3. The number of benzene rings is 1. The van der Waals surface area contributed by atoms with E-state index in [0.29, 0.717) is 69.2 Å². The zero-order valence-electron chi connectivity index (χ0n) is 21.6. The van der Waals surface area contributed by atoms with E-state index in [-0.39, 0.29) is 23.7 Å². The highest BCUT2D eigenvalue weighted by Crippen LogP contribution is 2.38. The highest BCUT2D eigenvalue weighted by atomic mass is 19.1. The van der Waals surface area contributed by atoms with Crippen LogP contribution in [0, 0.1) is 23.6 Å². The van der Waals surface area contributed by atoms with Gasteiger partial charge in [-0.25, -0.2) is 9.18 Å². The van der Waals surface area contributed by atoms with Gasteiger partial charge in [0.15, 0.2) is 0 Å². The van der Waals surface area contributed by atoms with Crippen LogP contribution in [0.5, 0.6) is 0 Å². The summed E-state index contributed by atoms with van der Waals surface area (Å²) in [6, 6.07) is 6.96. The summed E-state index contributed by atoms with van der Waals surface area (Å²) in [7, 11) is 0. The van der Waals surface area contributed by atoms with Crippen molar-refractivity contribution < 1.29 is 18.8 Å². The molecule has 37 heavy (non-hydrogen) atoms. The van der Waals surface area contributed by atoms with E-state index < -0.39 is 0 Å². The zero-order chi connectivity index (χ0) is 25.5. The number of piperazine rings is 1. The maximum atomic E-state index is 13.4. The predicted molar refractivity (Wildman–Crippen MR) is 137 cm³/mol. The molecule has 0 radical (unpaired) electrons. The molecule has 0 N–H and O–H groups in total. The minimum Gasteiger partial charge on any atom is -0.368 e. The van der Waals surface area contributed by atoms with Crippen LogP contribution in [0.3, 0.4) is 0 Å². The van der Waals surface area contributed by atoms with Crippen molar-refractivity contribution in [3.8, 4) is 0 Å². The summed E-state index contributed by atoms with van der Waals surface area (Å²) in [5.74, 6) is 1.03. The molecule has 3 atom stereocenters. The third-order valence-corrected chi connectivity index (χ3v) is 9.35. The van der Waals surface area contributed by atoms with Crippen LogP contribution in [0.25, 0.3) is 0 Å². The Morgan fingerprint density at radius 1 is 0.811 bits per heavy atom. The average molecular weight is 512 g/mol. The first kappa shape index (κ1) is 24.5. The number of carbonyl (C=O) groups excluding carboxylic acids is 3. The second kappa shape index (κ2) is 10.1. The maximum Gasteiger partial charge on any atom is 0.320 e. The van der Waals surface area contributed by atoms with Crippen LogP contribution in [-0.2, 0) is 9.59 Å². The molecule has 0 spiro atoms. The number of amides is 4. The summed E-state index contributed by atoms with van der Waals surface area (Å²) < 4.78 is 13.2. The van der Waals surface area contributed by atoms with Crippen LogP contribution in [-0.4, -0.2) is 102 Å². The molecular weight excluding hydrogens is 473 g/mol. The minimum atomic E-state index is -0.238. The number of hydrogen-bond acceptors (Lipinski definition) is 4. The molecule has 0 saturated carbocycles. The Labute approximate surface area is 218 Å². The van der Waals surface area contributed by atoms with E-state index in [1.54, 1.807) is 12.1 Å². The van der Waals surface area contributed by atoms with Gasteiger partial charge in [-0.05, 0) is 68.2 Å². The molecule has 5 aliphatic heterocycles. The third-order valence-electron chi connectivity index (χ3n) is 9.35. The van der Waals surface area contributed by atoms with E-state index in [1.807, 2.05) is 14.7 Å². The van der Waals surface area contributed by atoms with E-state index >= 15 is 0 Å². The Balaban J connectivity index is 0.984. The van der Waals surface area contributed by atoms with Crippen LogP contribution in [0.4, 0.5) is 14.9 Å². The van der Waals surface area contributed by atoms with E-state index in [4.69, 9.17) is 0 Å². The van der Waals surface area contributed by atoms with Gasteiger partial charge >= 0.3 is 6.03 Å². The van der Waals surface area contributed by atoms with Crippen LogP contribution < -0.4 is 4.90 Å². The molecule has 1 aromatic rings. The molecule has 1 aromatic carbocycles. The van der Waals surface area contributed by atoms with Gasteiger partial charge in [0.1, 0.15) is 5.82 Å². The summed E-state index contributed by atoms with van der Waals surface area (Å²) in [6.45, 7) is 6.39. The molecule has 4 amide bonds. The molecule has 8 nitrogen and oxygen atoms in total. The van der Waals surface area contributed by atoms with Gasteiger partial charge in [0.2, 0.25) is 11.8 Å². The summed E-state index contributed by atoms with van der Waals surface area (Å²) in [4.78, 5) is 49.3. The monoisotopic (exact) mass is 511 g/mol. The number of urea groups is 1. The lowest BCUT2D eigenvalue weighted by Crippen LogP contribution is -2.62. The predicted octanol–water partition coefficient (Wildman–Crippen LogP) is 2.64. The lowest BCUT2D eigenvalue weighted by Gasteiger charge is -2.53. The molecular formula is C28H38FN5O3. The van der Waals surface area contributed by atoms with E-state index in [1.165, 1.54) is 12.1 Å². The molecule has 2 bridgehead atoms. The van der Waals surface area contributed by atoms with Crippen molar-refractivity contribution in [3.63, 3.8) is 0 Å². The van der Waals surface area contributed by atoms with E-state index in [0.717, 1.165) is 57.7 Å². The fourth-order valence-electron chi connectivity index (χ4n) is 7.38. The Bertz CT molecular complexity index is 1020. The lowest BCUT2D eigenvalue weighted by molar-refractivity contribution is -0.144. The van der Waals surface area contributed by atoms with Gasteiger partial charge in [-0.15, -0.1) is 0 Å². The van der Waals surface area contributed by atoms with Crippen LogP contribution >= 0.6 is 0 Å². The second-order valence-electron chi connectivity index (χ2n) is 11.6. The van der Waals surface area contributed by atoms with E-state index in [2.05, 4.69) is 9.80 Å². The van der Waals surface area contributed by atoms with E-state index in [9.17, 15) is 18.8 Å². The molecule has 5 fully saturated rings. The largest absolute Gasteiger partial charge is 0.368 e. The maximum absolute atomic E-state index is 13.4. The van der Waals surface area contributed by atoms with Crippen molar-refractivity contribution >= 4 is 23.5 Å². The van der Waals surface area contributed by atoms with Crippen molar-refractivity contribution in [1.82, 2.24) is 19.6 Å². The number of piperidine rings is 4. The van der Waals surface area contributed by atoms with Gasteiger partial charge in [-0.1, -0.05) is 0 Å². The summed E-state index contributed by atoms with van der Waals surface area (Å²) >= 11 is 0. The Morgan fingerprint density at radius 2 is 1.54 bits per heavy atom. The number of anilines is 1. The van der Waals surface area contributed by atoms with Crippen LogP contribution in [0.2, 0.25) is 0 Å². The first-order valence-corrected chi connectivity index (χ1v) is 14.1. The molecule has 0 aliphatic carbocycles. The number of hydrogen-bond donors (Lipinski definition) is 0. The van der Waals surface area contributed by atoms with Crippen molar-refractivity contribution in [2.24, 2.45) is 17.8 Å². The average Bonchev–Trinajstić information content (AvgIpc) is 2.93. The Morgan fingerprint density at radius 3 is 2.27 bits per heavy atom. The summed E-state index contributed by atoms with van der Waals surface area (Å²) in [6.07, 6.45) is 5.27. The van der Waals surface area contributed by atoms with Gasteiger partial charge in [-0.2, -0.15) is 0 Å². The first-order valence-electron chi connectivity index (χ1n) is 14.1. The van der Waals surface area contributed by atoms with Gasteiger partial charge in [0, 0.05) is 83.0 Å². The fourth-order valence-corrected chi connectivity index (χ4v) is 7.38. The molecule has 5 aliphatic rings. The number of rotatable bonds is 2. The minimum absolute atomic E-state index is 0.0241. The highest BCUT2D eigenvalue weighted by molar-refractivity contribution is 5.80.